The number of rotatable bonds is 2. The molecule has 1 N–H and O–H groups in total. The summed E-state index contributed by atoms with van der Waals surface area (Å²) in [4.78, 5) is 26.0. The van der Waals surface area contributed by atoms with Crippen LogP contribution in [0.1, 0.15) is 40.1 Å². The van der Waals surface area contributed by atoms with E-state index in [0.717, 1.165) is 35.6 Å². The molecule has 1 aromatic heterocycles. The number of thioether (sulfide) groups is 1. The number of nitrogens with zero attached hydrogens (tertiary/aromatic N) is 3. The topological polar surface area (TPSA) is 65.8 Å². The summed E-state index contributed by atoms with van der Waals surface area (Å²) >= 11 is 1.16. The molecule has 0 aliphatic carbocycles. The quantitative estimate of drug-likeness (QED) is 0.501. The predicted octanol–water partition coefficient (Wildman–Crippen LogP) is 4.53. The van der Waals surface area contributed by atoms with Crippen molar-refractivity contribution in [3.05, 3.63) is 92.9 Å². The van der Waals surface area contributed by atoms with E-state index in [4.69, 9.17) is 0 Å². The number of fused-ring (bicyclic) bond motifs is 3. The van der Waals surface area contributed by atoms with Gasteiger partial charge in [-0.05, 0) is 41.8 Å². The Kier molecular flexibility index (Phi) is 5.73. The van der Waals surface area contributed by atoms with E-state index < -0.39 is 59.3 Å². The highest BCUT2D eigenvalue weighted by atomic mass is 32.2. The number of amides is 1. The molecule has 12 heteroatoms. The van der Waals surface area contributed by atoms with Gasteiger partial charge in [0.1, 0.15) is 24.3 Å². The zero-order valence-electron chi connectivity index (χ0n) is 18.6. The van der Waals surface area contributed by atoms with Crippen molar-refractivity contribution in [2.75, 3.05) is 11.7 Å². The van der Waals surface area contributed by atoms with E-state index in [1.807, 2.05) is 0 Å². The number of halogens is 5. The van der Waals surface area contributed by atoms with Crippen LogP contribution in [0.15, 0.2) is 58.4 Å². The minimum atomic E-state index is -4.82. The normalized spacial score (nSPS) is 18.3. The molecule has 2 atom stereocenters. The molecule has 0 radical (unpaired) electrons. The molecule has 2 aromatic carbocycles. The lowest BCUT2D eigenvalue weighted by Crippen LogP contribution is -2.60. The van der Waals surface area contributed by atoms with Crippen LogP contribution in [0.25, 0.3) is 0 Å². The Bertz CT molecular complexity index is 1440. The lowest BCUT2D eigenvalue weighted by molar-refractivity contribution is -0.173. The van der Waals surface area contributed by atoms with Crippen molar-refractivity contribution in [2.45, 2.75) is 35.8 Å². The van der Waals surface area contributed by atoms with Gasteiger partial charge in [0.15, 0.2) is 11.4 Å². The fourth-order valence-electron chi connectivity index (χ4n) is 4.52. The van der Waals surface area contributed by atoms with Crippen molar-refractivity contribution in [1.29, 1.82) is 0 Å². The van der Waals surface area contributed by atoms with Gasteiger partial charge in [-0.15, -0.1) is 11.8 Å². The molecule has 3 heterocycles. The molecule has 2 aliphatic rings. The number of hydrogen-bond donors (Lipinski definition) is 1. The number of alkyl halides is 3. The third-order valence-electron chi connectivity index (χ3n) is 6.40. The molecular weight excluding hydrogens is 505 g/mol. The van der Waals surface area contributed by atoms with Gasteiger partial charge in [-0.3, -0.25) is 19.3 Å². The summed E-state index contributed by atoms with van der Waals surface area (Å²) in [6.07, 6.45) is -3.66. The average molecular weight is 523 g/mol. The zero-order chi connectivity index (χ0) is 25.9. The number of benzene rings is 2. The molecule has 0 saturated carbocycles. The number of hydrogen-bond acceptors (Lipinski definition) is 5. The molecule has 0 spiro atoms. The lowest BCUT2D eigenvalue weighted by Gasteiger charge is -2.46. The Morgan fingerprint density at radius 2 is 1.83 bits per heavy atom. The average Bonchev–Trinajstić information content (AvgIpc) is 2.98. The van der Waals surface area contributed by atoms with Gasteiger partial charge in [0.2, 0.25) is 5.43 Å². The van der Waals surface area contributed by atoms with E-state index in [9.17, 15) is 36.6 Å². The van der Waals surface area contributed by atoms with Crippen LogP contribution in [0.2, 0.25) is 0 Å². The van der Waals surface area contributed by atoms with Crippen molar-refractivity contribution in [3.8, 4) is 5.75 Å². The highest BCUT2D eigenvalue weighted by molar-refractivity contribution is 7.98. The van der Waals surface area contributed by atoms with Crippen LogP contribution < -0.4 is 10.4 Å². The monoisotopic (exact) mass is 523 g/mol. The van der Waals surface area contributed by atoms with Crippen molar-refractivity contribution in [3.63, 3.8) is 0 Å². The van der Waals surface area contributed by atoms with Crippen molar-refractivity contribution < 1.29 is 31.9 Å². The minimum Gasteiger partial charge on any atom is -0.502 e. The highest BCUT2D eigenvalue weighted by Gasteiger charge is 2.47. The lowest BCUT2D eigenvalue weighted by atomic mass is 9.94. The first-order valence-corrected chi connectivity index (χ1v) is 11.8. The van der Waals surface area contributed by atoms with E-state index in [-0.39, 0.29) is 10.6 Å². The first-order chi connectivity index (χ1) is 17.0. The van der Waals surface area contributed by atoms with Gasteiger partial charge < -0.3 is 10.0 Å². The van der Waals surface area contributed by atoms with Gasteiger partial charge in [-0.2, -0.15) is 13.2 Å². The van der Waals surface area contributed by atoms with Crippen molar-refractivity contribution in [2.24, 2.45) is 0 Å². The zero-order valence-corrected chi connectivity index (χ0v) is 19.4. The van der Waals surface area contributed by atoms with Crippen LogP contribution in [0.5, 0.6) is 5.75 Å². The maximum atomic E-state index is 14.9. The number of pyridine rings is 1. The molecule has 2 aliphatic heterocycles. The summed E-state index contributed by atoms with van der Waals surface area (Å²) in [5, 5.41) is 11.7. The van der Waals surface area contributed by atoms with Gasteiger partial charge in [0, 0.05) is 22.9 Å². The molecule has 0 unspecified atom stereocenters. The van der Waals surface area contributed by atoms with Crippen LogP contribution in [-0.2, 0) is 5.75 Å². The SMILES string of the molecule is C[C@@H](N1CN([C@@H]2c3cc(F)ccc3CSc3c(F)cccc32)n2ccc(=O)c(O)c2C1=O)C(F)(F)F. The molecule has 0 fully saturated rings. The molecular formula is C24H18F5N3O3S. The summed E-state index contributed by atoms with van der Waals surface area (Å²) in [6.45, 7) is 0.143. The van der Waals surface area contributed by atoms with Crippen LogP contribution in [-0.4, -0.2) is 39.5 Å². The van der Waals surface area contributed by atoms with Gasteiger partial charge in [-0.25, -0.2) is 8.78 Å². The highest BCUT2D eigenvalue weighted by Crippen LogP contribution is 2.44. The standard InChI is InChI=1S/C24H18F5N3O3S/c1-12(24(27,28)29)30-11-32(31-8-7-18(33)21(34)20(31)23(30)35)19-15-3-2-4-17(26)22(15)36-10-13-5-6-14(25)9-16(13)19/h2-9,12,19,34H,10-11H2,1H3/t12-,19+/m1/s1. The van der Waals surface area contributed by atoms with E-state index in [1.54, 1.807) is 6.07 Å². The second kappa shape index (κ2) is 8.54. The van der Waals surface area contributed by atoms with E-state index >= 15 is 0 Å². The number of aromatic hydroxyl groups is 1. The summed E-state index contributed by atoms with van der Waals surface area (Å²) in [5.41, 5.74) is -0.323. The van der Waals surface area contributed by atoms with Gasteiger partial charge in [0.25, 0.3) is 5.91 Å². The minimum absolute atomic E-state index is 0.221. The third kappa shape index (κ3) is 3.80. The summed E-state index contributed by atoms with van der Waals surface area (Å²) < 4.78 is 71.7. The second-order valence-corrected chi connectivity index (χ2v) is 9.47. The Labute approximate surface area is 205 Å². The first-order valence-electron chi connectivity index (χ1n) is 10.8. The molecule has 0 bridgehead atoms. The fraction of sp³-hybridized carbons (Fsp3) is 0.250. The molecule has 1 amide bonds. The van der Waals surface area contributed by atoms with Crippen LogP contribution in [0, 0.1) is 11.6 Å². The molecule has 5 rings (SSSR count). The van der Waals surface area contributed by atoms with Crippen LogP contribution in [0.4, 0.5) is 22.0 Å². The number of carbonyl (C=O) groups is 1. The number of carbonyl (C=O) groups excluding carboxylic acids is 1. The molecule has 36 heavy (non-hydrogen) atoms. The summed E-state index contributed by atoms with van der Waals surface area (Å²) in [5.74, 6) is -3.13. The van der Waals surface area contributed by atoms with Crippen LogP contribution >= 0.6 is 11.8 Å². The molecule has 6 nitrogen and oxygen atoms in total. The Morgan fingerprint density at radius 3 is 2.56 bits per heavy atom. The summed E-state index contributed by atoms with van der Waals surface area (Å²) in [6, 6.07) is 5.84. The van der Waals surface area contributed by atoms with Crippen LogP contribution in [0.3, 0.4) is 0 Å². The molecule has 3 aromatic rings. The third-order valence-corrected chi connectivity index (χ3v) is 7.57. The second-order valence-electron chi connectivity index (χ2n) is 8.49. The largest absolute Gasteiger partial charge is 0.502 e. The Hall–Kier alpha value is -3.54. The van der Waals surface area contributed by atoms with Gasteiger partial charge in [-0.1, -0.05) is 18.2 Å². The first kappa shape index (κ1) is 24.2. The van der Waals surface area contributed by atoms with E-state index in [1.165, 1.54) is 35.3 Å². The van der Waals surface area contributed by atoms with Crippen molar-refractivity contribution >= 4 is 17.7 Å². The maximum Gasteiger partial charge on any atom is 0.408 e. The predicted molar refractivity (Wildman–Crippen MR) is 121 cm³/mol. The van der Waals surface area contributed by atoms with Crippen molar-refractivity contribution in [1.82, 2.24) is 9.58 Å². The maximum absolute atomic E-state index is 14.9. The Balaban J connectivity index is 1.80. The van der Waals surface area contributed by atoms with E-state index in [2.05, 4.69) is 0 Å². The van der Waals surface area contributed by atoms with Gasteiger partial charge >= 0.3 is 6.18 Å². The summed E-state index contributed by atoms with van der Waals surface area (Å²) in [7, 11) is 0. The fourth-order valence-corrected chi connectivity index (χ4v) is 5.63. The van der Waals surface area contributed by atoms with E-state index in [0.29, 0.717) is 21.6 Å². The van der Waals surface area contributed by atoms with Gasteiger partial charge in [0.05, 0.1) is 6.04 Å². The molecule has 0 saturated heterocycles. The molecule has 188 valence electrons. The Morgan fingerprint density at radius 1 is 1.08 bits per heavy atom. The number of aromatic nitrogens is 1. The smallest absolute Gasteiger partial charge is 0.408 e.